The molecule has 1 N–H and O–H groups in total. The molecule has 1 spiro atoms. The molecule has 0 aliphatic carbocycles. The molecule has 0 unspecified atom stereocenters. The number of likely N-dealkylation sites (tertiary alicyclic amines) is 1. The van der Waals surface area contributed by atoms with Crippen LogP contribution < -0.4 is 4.90 Å². The molecule has 2 aromatic heterocycles. The van der Waals surface area contributed by atoms with E-state index in [0.29, 0.717) is 6.54 Å². The van der Waals surface area contributed by atoms with Crippen molar-refractivity contribution in [2.24, 2.45) is 0 Å². The summed E-state index contributed by atoms with van der Waals surface area (Å²) in [5.74, 6) is -2.68. The number of piperidine rings is 1. The van der Waals surface area contributed by atoms with Crippen molar-refractivity contribution < 1.29 is 32.6 Å². The van der Waals surface area contributed by atoms with E-state index in [1.54, 1.807) is 22.7 Å². The predicted octanol–water partition coefficient (Wildman–Crippen LogP) is 3.84. The number of aliphatic carboxylic acids is 1. The summed E-state index contributed by atoms with van der Waals surface area (Å²) in [6, 6.07) is 4.22. The van der Waals surface area contributed by atoms with Gasteiger partial charge in [0.15, 0.2) is 0 Å². The minimum absolute atomic E-state index is 0.0785. The number of rotatable bonds is 3. The molecule has 2 saturated heterocycles. The lowest BCUT2D eigenvalue weighted by atomic mass is 9.89. The van der Waals surface area contributed by atoms with Crippen molar-refractivity contribution in [3.63, 3.8) is 0 Å². The Bertz CT molecular complexity index is 833. The van der Waals surface area contributed by atoms with Crippen molar-refractivity contribution >= 4 is 40.2 Å². The van der Waals surface area contributed by atoms with Crippen molar-refractivity contribution in [1.29, 1.82) is 0 Å². The van der Waals surface area contributed by atoms with Crippen LogP contribution in [0.5, 0.6) is 0 Å². The molecule has 0 atom stereocenters. The first kappa shape index (κ1) is 22.7. The Balaban J connectivity index is 0.000000318. The molecule has 1 amide bonds. The summed E-state index contributed by atoms with van der Waals surface area (Å²) in [7, 11) is 0. The molecule has 0 saturated carbocycles. The van der Waals surface area contributed by atoms with E-state index in [0.717, 1.165) is 38.2 Å². The molecule has 0 radical (unpaired) electrons. The zero-order chi connectivity index (χ0) is 21.8. The Labute approximate surface area is 179 Å². The Hall–Kier alpha value is -1.95. The van der Waals surface area contributed by atoms with Crippen LogP contribution in [-0.4, -0.2) is 59.9 Å². The van der Waals surface area contributed by atoms with Crippen molar-refractivity contribution in [3.8, 4) is 0 Å². The maximum atomic E-state index is 12.2. The van der Waals surface area contributed by atoms with Crippen LogP contribution in [0.3, 0.4) is 0 Å². The third-order valence-electron chi connectivity index (χ3n) is 5.06. The van der Waals surface area contributed by atoms with Gasteiger partial charge in [0.1, 0.15) is 6.61 Å². The minimum atomic E-state index is -5.08. The van der Waals surface area contributed by atoms with Gasteiger partial charge < -0.3 is 14.7 Å². The largest absolute Gasteiger partial charge is 0.490 e. The molecular weight excluding hydrogens is 441 g/mol. The fourth-order valence-corrected chi connectivity index (χ4v) is 4.72. The lowest BCUT2D eigenvalue weighted by molar-refractivity contribution is -0.192. The first-order valence-corrected chi connectivity index (χ1v) is 11.1. The molecule has 2 fully saturated rings. The van der Waals surface area contributed by atoms with E-state index < -0.39 is 12.1 Å². The van der Waals surface area contributed by atoms with E-state index in [9.17, 15) is 18.0 Å². The Morgan fingerprint density at radius 2 is 1.80 bits per heavy atom. The Morgan fingerprint density at radius 3 is 2.33 bits per heavy atom. The second-order valence-corrected chi connectivity index (χ2v) is 8.70. The monoisotopic (exact) mass is 462 g/mol. The highest BCUT2D eigenvalue weighted by Crippen LogP contribution is 2.33. The number of hydrogen-bond acceptors (Lipinski definition) is 6. The average molecular weight is 463 g/mol. The fraction of sp³-hybridized carbons (Fsp3) is 0.474. The van der Waals surface area contributed by atoms with Crippen molar-refractivity contribution in [2.75, 3.05) is 31.1 Å². The number of thiophene rings is 2. The summed E-state index contributed by atoms with van der Waals surface area (Å²) >= 11 is 3.39. The van der Waals surface area contributed by atoms with Crippen LogP contribution in [0.2, 0.25) is 0 Å². The summed E-state index contributed by atoms with van der Waals surface area (Å²) in [4.78, 5) is 25.5. The van der Waals surface area contributed by atoms with E-state index >= 15 is 0 Å². The molecule has 0 bridgehead atoms. The van der Waals surface area contributed by atoms with E-state index in [1.807, 2.05) is 21.7 Å². The molecule has 11 heteroatoms. The van der Waals surface area contributed by atoms with Gasteiger partial charge in [-0.05, 0) is 46.7 Å². The van der Waals surface area contributed by atoms with Crippen LogP contribution in [0, 0.1) is 0 Å². The zero-order valence-electron chi connectivity index (χ0n) is 15.9. The zero-order valence-corrected chi connectivity index (χ0v) is 17.6. The van der Waals surface area contributed by atoms with Crippen molar-refractivity contribution in [3.05, 3.63) is 39.2 Å². The van der Waals surface area contributed by atoms with Gasteiger partial charge in [0.05, 0.1) is 17.8 Å². The molecule has 4 heterocycles. The van der Waals surface area contributed by atoms with Crippen molar-refractivity contribution in [2.45, 2.75) is 31.2 Å². The molecular formula is C19H21F3N2O4S2. The fourth-order valence-electron chi connectivity index (χ4n) is 3.42. The number of anilines is 1. The van der Waals surface area contributed by atoms with E-state index in [2.05, 4.69) is 21.7 Å². The third kappa shape index (κ3) is 5.81. The lowest BCUT2D eigenvalue weighted by Gasteiger charge is -2.46. The van der Waals surface area contributed by atoms with Crippen LogP contribution in [0.1, 0.15) is 18.4 Å². The van der Waals surface area contributed by atoms with E-state index in [4.69, 9.17) is 14.6 Å². The number of hydrogen-bond donors (Lipinski definition) is 1. The number of amides is 1. The summed E-state index contributed by atoms with van der Waals surface area (Å²) in [6.45, 7) is 3.98. The summed E-state index contributed by atoms with van der Waals surface area (Å²) in [5, 5.41) is 15.5. The van der Waals surface area contributed by atoms with Crippen LogP contribution in [0.4, 0.5) is 18.9 Å². The van der Waals surface area contributed by atoms with Gasteiger partial charge in [-0.1, -0.05) is 0 Å². The van der Waals surface area contributed by atoms with Gasteiger partial charge in [-0.2, -0.15) is 35.8 Å². The summed E-state index contributed by atoms with van der Waals surface area (Å²) in [6.07, 6.45) is -3.10. The van der Waals surface area contributed by atoms with Crippen LogP contribution in [0.25, 0.3) is 0 Å². The first-order valence-electron chi connectivity index (χ1n) is 9.19. The molecule has 30 heavy (non-hydrogen) atoms. The number of carbonyl (C=O) groups excluding carboxylic acids is 1. The molecule has 6 nitrogen and oxygen atoms in total. The lowest BCUT2D eigenvalue weighted by Crippen LogP contribution is -2.58. The quantitative estimate of drug-likeness (QED) is 0.751. The molecule has 4 rings (SSSR count). The maximum absolute atomic E-state index is 12.2. The van der Waals surface area contributed by atoms with Gasteiger partial charge in [-0.25, -0.2) is 4.79 Å². The second-order valence-electron chi connectivity index (χ2n) is 7.14. The first-order chi connectivity index (χ1) is 14.2. The molecule has 2 aromatic rings. The molecule has 164 valence electrons. The summed E-state index contributed by atoms with van der Waals surface area (Å²) < 4.78 is 37.8. The minimum Gasteiger partial charge on any atom is -0.475 e. The molecule has 2 aliphatic heterocycles. The van der Waals surface area contributed by atoms with Gasteiger partial charge >= 0.3 is 12.1 Å². The maximum Gasteiger partial charge on any atom is 0.490 e. The van der Waals surface area contributed by atoms with Gasteiger partial charge in [0.25, 0.3) is 5.91 Å². The number of ether oxygens (including phenoxy) is 1. The standard InChI is InChI=1S/C17H20N2O2S2.C2HF3O2/c20-16-10-21-17(13-19(16)15-2-8-23-12-15)3-5-18(6-4-17)9-14-1-7-22-11-14;3-2(4,5)1(6)7/h1-2,7-8,11-12H,3-6,9-10,13H2;(H,6,7). The second kappa shape index (κ2) is 9.46. The third-order valence-corrected chi connectivity index (χ3v) is 6.47. The number of alkyl halides is 3. The number of carbonyl (C=O) groups is 2. The number of nitrogens with zero attached hydrogens (tertiary/aromatic N) is 2. The normalized spacial score (nSPS) is 19.4. The number of carboxylic acid groups (broad SMARTS) is 1. The summed E-state index contributed by atoms with van der Waals surface area (Å²) in [5.41, 5.74) is 2.25. The highest BCUT2D eigenvalue weighted by molar-refractivity contribution is 7.08. The van der Waals surface area contributed by atoms with E-state index in [1.165, 1.54) is 5.56 Å². The van der Waals surface area contributed by atoms with Crippen LogP contribution in [-0.2, 0) is 20.9 Å². The average Bonchev–Trinajstić information content (AvgIpc) is 3.40. The van der Waals surface area contributed by atoms with Gasteiger partial charge in [0.2, 0.25) is 0 Å². The highest BCUT2D eigenvalue weighted by Gasteiger charge is 2.42. The van der Waals surface area contributed by atoms with Gasteiger partial charge in [-0.3, -0.25) is 9.69 Å². The van der Waals surface area contributed by atoms with Crippen molar-refractivity contribution in [1.82, 2.24) is 4.90 Å². The topological polar surface area (TPSA) is 70.1 Å². The number of morpholine rings is 1. The van der Waals surface area contributed by atoms with E-state index in [-0.39, 0.29) is 18.1 Å². The SMILES string of the molecule is O=C(O)C(F)(F)F.O=C1COC2(CCN(Cc3ccsc3)CC2)CN1c1ccsc1. The Morgan fingerprint density at radius 1 is 1.17 bits per heavy atom. The van der Waals surface area contributed by atoms with Crippen LogP contribution >= 0.6 is 22.7 Å². The molecule has 0 aromatic carbocycles. The predicted molar refractivity (Wildman–Crippen MR) is 108 cm³/mol. The van der Waals surface area contributed by atoms with Gasteiger partial charge in [0, 0.05) is 25.0 Å². The highest BCUT2D eigenvalue weighted by atomic mass is 32.1. The number of halogens is 3. The molecule has 2 aliphatic rings. The smallest absolute Gasteiger partial charge is 0.475 e. The number of carboxylic acids is 1. The Kier molecular flexibility index (Phi) is 7.17. The van der Waals surface area contributed by atoms with Crippen LogP contribution in [0.15, 0.2) is 33.7 Å². The van der Waals surface area contributed by atoms with Gasteiger partial charge in [-0.15, -0.1) is 0 Å².